The van der Waals surface area contributed by atoms with Gasteiger partial charge in [0.1, 0.15) is 11.4 Å². The molecule has 1 aliphatic rings. The van der Waals surface area contributed by atoms with Gasteiger partial charge in [-0.05, 0) is 41.6 Å². The molecular formula is C18H13N2O4S-. The van der Waals surface area contributed by atoms with E-state index in [9.17, 15) is 14.7 Å². The van der Waals surface area contributed by atoms with Crippen molar-refractivity contribution < 1.29 is 19.4 Å². The Bertz CT molecular complexity index is 890. The van der Waals surface area contributed by atoms with Crippen molar-refractivity contribution in [3.63, 3.8) is 0 Å². The van der Waals surface area contributed by atoms with E-state index < -0.39 is 5.97 Å². The summed E-state index contributed by atoms with van der Waals surface area (Å²) in [6, 6.07) is 13.0. The monoisotopic (exact) mass is 353 g/mol. The number of methoxy groups -OCH3 is 1. The van der Waals surface area contributed by atoms with Gasteiger partial charge in [0.05, 0.1) is 18.8 Å². The Hall–Kier alpha value is -3.19. The van der Waals surface area contributed by atoms with E-state index in [1.54, 1.807) is 49.6 Å². The number of hydrogen-bond acceptors (Lipinski definition) is 5. The highest BCUT2D eigenvalue weighted by Crippen LogP contribution is 2.26. The molecule has 1 amide bonds. The Morgan fingerprint density at radius 2 is 1.96 bits per heavy atom. The molecule has 0 atom stereocenters. The number of carboxylic acids is 1. The largest absolute Gasteiger partial charge is 0.545 e. The van der Waals surface area contributed by atoms with Crippen LogP contribution < -0.4 is 20.1 Å². The third-order valence-corrected chi connectivity index (χ3v) is 3.93. The molecule has 0 aliphatic carbocycles. The Morgan fingerprint density at radius 1 is 1.24 bits per heavy atom. The number of nitrogens with zero attached hydrogens (tertiary/aromatic N) is 1. The second-order valence-electron chi connectivity index (χ2n) is 5.24. The molecule has 0 aromatic heterocycles. The molecule has 2 aromatic rings. The van der Waals surface area contributed by atoms with E-state index in [2.05, 4.69) is 5.32 Å². The number of nitrogens with one attached hydrogen (secondary N) is 1. The smallest absolute Gasteiger partial charge is 0.281 e. The van der Waals surface area contributed by atoms with Gasteiger partial charge in [-0.3, -0.25) is 9.69 Å². The number of aromatic carboxylic acids is 1. The summed E-state index contributed by atoms with van der Waals surface area (Å²) >= 11 is 5.25. The second kappa shape index (κ2) is 6.74. The highest BCUT2D eigenvalue weighted by molar-refractivity contribution is 7.80. The summed E-state index contributed by atoms with van der Waals surface area (Å²) in [5, 5.41) is 13.9. The molecule has 1 heterocycles. The summed E-state index contributed by atoms with van der Waals surface area (Å²) in [5.74, 6) is -0.940. The predicted octanol–water partition coefficient (Wildman–Crippen LogP) is 1.32. The first-order valence-electron chi connectivity index (χ1n) is 7.32. The first-order chi connectivity index (χ1) is 12.0. The van der Waals surface area contributed by atoms with E-state index in [1.165, 1.54) is 17.0 Å². The van der Waals surface area contributed by atoms with E-state index in [4.69, 9.17) is 17.0 Å². The van der Waals surface area contributed by atoms with Gasteiger partial charge in [-0.15, -0.1) is 0 Å². The quantitative estimate of drug-likeness (QED) is 0.660. The molecule has 6 nitrogen and oxygen atoms in total. The van der Waals surface area contributed by atoms with Crippen LogP contribution in [0.15, 0.2) is 54.2 Å². The SMILES string of the molecule is COc1cccc(N2C(=O)/C(=C\c3ccc(C(=O)[O-])cc3)NC2=S)c1. The molecule has 2 aromatic carbocycles. The molecule has 1 aliphatic heterocycles. The first-order valence-corrected chi connectivity index (χ1v) is 7.73. The lowest BCUT2D eigenvalue weighted by Gasteiger charge is -2.14. The second-order valence-corrected chi connectivity index (χ2v) is 5.63. The van der Waals surface area contributed by atoms with E-state index in [1.807, 2.05) is 0 Å². The maximum absolute atomic E-state index is 12.7. The maximum atomic E-state index is 12.7. The summed E-state index contributed by atoms with van der Waals surface area (Å²) in [6.45, 7) is 0. The summed E-state index contributed by atoms with van der Waals surface area (Å²) in [6.07, 6.45) is 1.61. The molecule has 0 radical (unpaired) electrons. The van der Waals surface area contributed by atoms with Gasteiger partial charge in [0, 0.05) is 6.07 Å². The molecular weight excluding hydrogens is 340 g/mol. The first kappa shape index (κ1) is 16.7. The van der Waals surface area contributed by atoms with Crippen molar-refractivity contribution in [2.45, 2.75) is 0 Å². The summed E-state index contributed by atoms with van der Waals surface area (Å²) in [4.78, 5) is 24.8. The molecule has 0 bridgehead atoms. The van der Waals surface area contributed by atoms with Gasteiger partial charge in [-0.1, -0.05) is 30.3 Å². The Morgan fingerprint density at radius 3 is 2.60 bits per heavy atom. The number of carbonyl (C=O) groups excluding carboxylic acids is 2. The van der Waals surface area contributed by atoms with Gasteiger partial charge in [-0.25, -0.2) is 0 Å². The van der Waals surface area contributed by atoms with Crippen LogP contribution in [0.2, 0.25) is 0 Å². The zero-order valence-electron chi connectivity index (χ0n) is 13.2. The lowest BCUT2D eigenvalue weighted by atomic mass is 10.1. The number of thiocarbonyl (C=S) groups is 1. The van der Waals surface area contributed by atoms with Crippen molar-refractivity contribution in [3.8, 4) is 5.75 Å². The van der Waals surface area contributed by atoms with E-state index in [0.717, 1.165) is 0 Å². The molecule has 0 unspecified atom stereocenters. The van der Waals surface area contributed by atoms with Crippen LogP contribution >= 0.6 is 12.2 Å². The number of amides is 1. The topological polar surface area (TPSA) is 81.7 Å². The number of carboxylic acid groups (broad SMARTS) is 1. The number of ether oxygens (including phenoxy) is 1. The number of carbonyl (C=O) groups is 2. The third-order valence-electron chi connectivity index (χ3n) is 3.65. The molecule has 7 heteroatoms. The van der Waals surface area contributed by atoms with E-state index >= 15 is 0 Å². The van der Waals surface area contributed by atoms with E-state index in [0.29, 0.717) is 22.7 Å². The van der Waals surface area contributed by atoms with Crippen molar-refractivity contribution in [2.24, 2.45) is 0 Å². The molecule has 25 heavy (non-hydrogen) atoms. The molecule has 0 spiro atoms. The number of hydrogen-bond donors (Lipinski definition) is 1. The van der Waals surface area contributed by atoms with Crippen molar-refractivity contribution in [2.75, 3.05) is 12.0 Å². The molecule has 1 fully saturated rings. The number of anilines is 1. The average molecular weight is 353 g/mol. The van der Waals surface area contributed by atoms with Gasteiger partial charge in [0.15, 0.2) is 5.11 Å². The van der Waals surface area contributed by atoms with Gasteiger partial charge in [0.2, 0.25) is 0 Å². The number of rotatable bonds is 4. The Kier molecular flexibility index (Phi) is 4.49. The Labute approximate surface area is 149 Å². The fraction of sp³-hybridized carbons (Fsp3) is 0.0556. The van der Waals surface area contributed by atoms with Crippen LogP contribution in [0.5, 0.6) is 5.75 Å². The molecule has 1 saturated heterocycles. The van der Waals surface area contributed by atoms with Crippen LogP contribution in [0.3, 0.4) is 0 Å². The maximum Gasteiger partial charge on any atom is 0.281 e. The van der Waals surface area contributed by atoms with Crippen molar-refractivity contribution in [3.05, 3.63) is 65.4 Å². The van der Waals surface area contributed by atoms with Crippen LogP contribution in [0.1, 0.15) is 15.9 Å². The average Bonchev–Trinajstić information content (AvgIpc) is 2.89. The molecule has 1 N–H and O–H groups in total. The standard InChI is InChI=1S/C18H14N2O4S/c1-24-14-4-2-3-13(10-14)20-16(21)15(19-18(20)25)9-11-5-7-12(8-6-11)17(22)23/h2-10H,1H3,(H,19,25)(H,22,23)/p-1/b15-9+. The normalized spacial score (nSPS) is 15.4. The predicted molar refractivity (Wildman–Crippen MR) is 95.0 cm³/mol. The Balaban J connectivity index is 1.88. The summed E-state index contributed by atoms with van der Waals surface area (Å²) in [5.41, 5.74) is 1.63. The van der Waals surface area contributed by atoms with Crippen LogP contribution in [0, 0.1) is 0 Å². The summed E-state index contributed by atoms with van der Waals surface area (Å²) < 4.78 is 5.17. The lowest BCUT2D eigenvalue weighted by molar-refractivity contribution is -0.255. The van der Waals surface area contributed by atoms with Crippen molar-refractivity contribution >= 4 is 41.0 Å². The van der Waals surface area contributed by atoms with Gasteiger partial charge >= 0.3 is 0 Å². The van der Waals surface area contributed by atoms with Crippen molar-refractivity contribution in [1.82, 2.24) is 5.32 Å². The van der Waals surface area contributed by atoms with Crippen LogP contribution in [-0.4, -0.2) is 24.1 Å². The van der Waals surface area contributed by atoms with Gasteiger partial charge in [0.25, 0.3) is 5.91 Å². The van der Waals surface area contributed by atoms with Crippen LogP contribution in [-0.2, 0) is 4.79 Å². The minimum atomic E-state index is -1.25. The van der Waals surface area contributed by atoms with E-state index in [-0.39, 0.29) is 16.6 Å². The zero-order valence-corrected chi connectivity index (χ0v) is 14.0. The minimum absolute atomic E-state index is 0.0707. The van der Waals surface area contributed by atoms with Gasteiger partial charge in [-0.2, -0.15) is 0 Å². The van der Waals surface area contributed by atoms with Crippen molar-refractivity contribution in [1.29, 1.82) is 0 Å². The highest BCUT2D eigenvalue weighted by Gasteiger charge is 2.32. The fourth-order valence-electron chi connectivity index (χ4n) is 2.40. The molecule has 3 rings (SSSR count). The molecule has 0 saturated carbocycles. The van der Waals surface area contributed by atoms with Gasteiger partial charge < -0.3 is 20.0 Å². The number of benzene rings is 2. The highest BCUT2D eigenvalue weighted by atomic mass is 32.1. The van der Waals surface area contributed by atoms with Crippen LogP contribution in [0.25, 0.3) is 6.08 Å². The zero-order chi connectivity index (χ0) is 18.0. The lowest BCUT2D eigenvalue weighted by Crippen LogP contribution is -2.30. The summed E-state index contributed by atoms with van der Waals surface area (Å²) in [7, 11) is 1.54. The fourth-order valence-corrected chi connectivity index (χ4v) is 2.70. The third kappa shape index (κ3) is 3.36. The van der Waals surface area contributed by atoms with Crippen LogP contribution in [0.4, 0.5) is 5.69 Å². The minimum Gasteiger partial charge on any atom is -0.545 e. The molecule has 126 valence electrons.